The van der Waals surface area contributed by atoms with Gasteiger partial charge in [-0.25, -0.2) is 0 Å². The Morgan fingerprint density at radius 2 is 1.65 bits per heavy atom. The average Bonchev–Trinajstić information content (AvgIpc) is 2.70. The molecule has 1 amide bonds. The largest absolute Gasteiger partial charge is 0.356 e. The third-order valence-corrected chi connectivity index (χ3v) is 4.88. The molecule has 1 aromatic heterocycles. The fraction of sp³-hybridized carbons (Fsp3) is 0.450. The van der Waals surface area contributed by atoms with E-state index in [0.717, 1.165) is 56.5 Å². The van der Waals surface area contributed by atoms with E-state index in [9.17, 15) is 4.79 Å². The van der Waals surface area contributed by atoms with E-state index in [1.54, 1.807) is 0 Å². The molecule has 0 N–H and O–H groups in total. The van der Waals surface area contributed by atoms with Crippen LogP contribution in [0.4, 0.5) is 11.6 Å². The Kier molecular flexibility index (Phi) is 6.04. The molecule has 0 spiro atoms. The third kappa shape index (κ3) is 4.31. The molecule has 0 atom stereocenters. The Hall–Kier alpha value is -2.63. The molecule has 3 rings (SSSR count). The molecule has 1 aromatic carbocycles. The van der Waals surface area contributed by atoms with Gasteiger partial charge in [-0.1, -0.05) is 30.3 Å². The summed E-state index contributed by atoms with van der Waals surface area (Å²) in [7, 11) is 0. The molecule has 0 bridgehead atoms. The Balaban J connectivity index is 1.54. The highest BCUT2D eigenvalue weighted by atomic mass is 16.2. The van der Waals surface area contributed by atoms with Gasteiger partial charge in [0.25, 0.3) is 0 Å². The number of carbonyl (C=O) groups excluding carboxylic acids is 1. The first kappa shape index (κ1) is 18.2. The zero-order chi connectivity index (χ0) is 18.4. The van der Waals surface area contributed by atoms with Crippen LogP contribution in [-0.2, 0) is 11.2 Å². The fourth-order valence-corrected chi connectivity index (χ4v) is 3.27. The van der Waals surface area contributed by atoms with E-state index in [0.29, 0.717) is 6.42 Å². The second-order valence-corrected chi connectivity index (χ2v) is 6.45. The van der Waals surface area contributed by atoms with Crippen LogP contribution in [0.15, 0.2) is 42.5 Å². The van der Waals surface area contributed by atoms with Crippen molar-refractivity contribution in [3.63, 3.8) is 0 Å². The Labute approximate surface area is 155 Å². The van der Waals surface area contributed by atoms with Gasteiger partial charge in [0.1, 0.15) is 0 Å². The Bertz CT molecular complexity index is 692. The normalized spacial score (nSPS) is 14.4. The molecule has 0 unspecified atom stereocenters. The van der Waals surface area contributed by atoms with Gasteiger partial charge in [-0.15, -0.1) is 10.2 Å². The minimum Gasteiger partial charge on any atom is -0.356 e. The van der Waals surface area contributed by atoms with Gasteiger partial charge in [-0.2, -0.15) is 0 Å². The van der Waals surface area contributed by atoms with Crippen molar-refractivity contribution in [2.45, 2.75) is 20.3 Å². The molecule has 1 aliphatic rings. The summed E-state index contributed by atoms with van der Waals surface area (Å²) in [6.45, 7) is 9.12. The molecule has 2 aromatic rings. The minimum absolute atomic E-state index is 0.193. The SMILES string of the molecule is CCN(CC)c1ccc(N2CCN(C(=O)Cc3ccccc3)CC2)nn1. The maximum absolute atomic E-state index is 12.5. The molecule has 0 saturated carbocycles. The number of piperazine rings is 1. The van der Waals surface area contributed by atoms with Crippen LogP contribution in [-0.4, -0.2) is 60.3 Å². The van der Waals surface area contributed by atoms with Crippen LogP contribution >= 0.6 is 0 Å². The average molecular weight is 353 g/mol. The number of rotatable bonds is 6. The topological polar surface area (TPSA) is 52.6 Å². The molecule has 1 saturated heterocycles. The number of aromatic nitrogens is 2. The van der Waals surface area contributed by atoms with Crippen LogP contribution in [0.25, 0.3) is 0 Å². The van der Waals surface area contributed by atoms with E-state index < -0.39 is 0 Å². The molecule has 2 heterocycles. The first-order valence-electron chi connectivity index (χ1n) is 9.36. The van der Waals surface area contributed by atoms with Gasteiger partial charge in [0, 0.05) is 39.3 Å². The minimum atomic E-state index is 0.193. The molecule has 0 radical (unpaired) electrons. The first-order chi connectivity index (χ1) is 12.7. The fourth-order valence-electron chi connectivity index (χ4n) is 3.27. The summed E-state index contributed by atoms with van der Waals surface area (Å²) in [6, 6.07) is 14.0. The van der Waals surface area contributed by atoms with Gasteiger partial charge < -0.3 is 14.7 Å². The number of nitrogens with zero attached hydrogens (tertiary/aromatic N) is 5. The lowest BCUT2D eigenvalue weighted by Crippen LogP contribution is -2.49. The Morgan fingerprint density at radius 1 is 0.962 bits per heavy atom. The van der Waals surface area contributed by atoms with Crippen LogP contribution < -0.4 is 9.80 Å². The lowest BCUT2D eigenvalue weighted by molar-refractivity contribution is -0.130. The van der Waals surface area contributed by atoms with E-state index in [1.807, 2.05) is 47.4 Å². The number of hydrogen-bond donors (Lipinski definition) is 0. The summed E-state index contributed by atoms with van der Waals surface area (Å²) in [5.41, 5.74) is 1.07. The quantitative estimate of drug-likeness (QED) is 0.797. The molecular formula is C20H27N5O. The van der Waals surface area contributed by atoms with E-state index >= 15 is 0 Å². The molecule has 1 aliphatic heterocycles. The molecular weight excluding hydrogens is 326 g/mol. The standard InChI is InChI=1S/C20H27N5O/c1-3-23(4-2)18-10-11-19(22-21-18)24-12-14-25(15-13-24)20(26)16-17-8-6-5-7-9-17/h5-11H,3-4,12-16H2,1-2H3. The third-order valence-electron chi connectivity index (χ3n) is 4.88. The van der Waals surface area contributed by atoms with Crippen LogP contribution in [0.2, 0.25) is 0 Å². The maximum atomic E-state index is 12.5. The first-order valence-corrected chi connectivity index (χ1v) is 9.36. The molecule has 6 nitrogen and oxygen atoms in total. The number of benzene rings is 1. The lowest BCUT2D eigenvalue weighted by Gasteiger charge is -2.35. The summed E-state index contributed by atoms with van der Waals surface area (Å²) >= 11 is 0. The van der Waals surface area contributed by atoms with Crippen LogP contribution in [0.5, 0.6) is 0 Å². The number of carbonyl (C=O) groups is 1. The van der Waals surface area contributed by atoms with Gasteiger partial charge in [0.15, 0.2) is 11.6 Å². The van der Waals surface area contributed by atoms with Crippen molar-refractivity contribution in [3.8, 4) is 0 Å². The predicted molar refractivity (Wildman–Crippen MR) is 105 cm³/mol. The van der Waals surface area contributed by atoms with E-state index in [1.165, 1.54) is 0 Å². The molecule has 0 aliphatic carbocycles. The van der Waals surface area contributed by atoms with E-state index in [-0.39, 0.29) is 5.91 Å². The summed E-state index contributed by atoms with van der Waals surface area (Å²) in [5, 5.41) is 8.75. The van der Waals surface area contributed by atoms with E-state index in [2.05, 4.69) is 33.8 Å². The van der Waals surface area contributed by atoms with Gasteiger partial charge >= 0.3 is 0 Å². The highest BCUT2D eigenvalue weighted by molar-refractivity contribution is 5.79. The number of amides is 1. The van der Waals surface area contributed by atoms with Gasteiger partial charge in [0.05, 0.1) is 6.42 Å². The highest BCUT2D eigenvalue weighted by Gasteiger charge is 2.22. The van der Waals surface area contributed by atoms with Crippen LogP contribution in [0.1, 0.15) is 19.4 Å². The van der Waals surface area contributed by atoms with Gasteiger partial charge in [0.2, 0.25) is 5.91 Å². The van der Waals surface area contributed by atoms with Gasteiger partial charge in [-0.05, 0) is 31.5 Å². The molecule has 1 fully saturated rings. The lowest BCUT2D eigenvalue weighted by atomic mass is 10.1. The predicted octanol–water partition coefficient (Wildman–Crippen LogP) is 2.21. The number of hydrogen-bond acceptors (Lipinski definition) is 5. The van der Waals surface area contributed by atoms with Crippen molar-refractivity contribution >= 4 is 17.5 Å². The highest BCUT2D eigenvalue weighted by Crippen LogP contribution is 2.17. The summed E-state index contributed by atoms with van der Waals surface area (Å²) < 4.78 is 0. The second-order valence-electron chi connectivity index (χ2n) is 6.45. The monoisotopic (exact) mass is 353 g/mol. The van der Waals surface area contributed by atoms with E-state index in [4.69, 9.17) is 0 Å². The van der Waals surface area contributed by atoms with Gasteiger partial charge in [-0.3, -0.25) is 4.79 Å². The smallest absolute Gasteiger partial charge is 0.227 e. The summed E-state index contributed by atoms with van der Waals surface area (Å²) in [4.78, 5) is 18.8. The molecule has 138 valence electrons. The summed E-state index contributed by atoms with van der Waals surface area (Å²) in [6.07, 6.45) is 0.471. The number of anilines is 2. The zero-order valence-electron chi connectivity index (χ0n) is 15.6. The van der Waals surface area contributed by atoms with Crippen molar-refractivity contribution in [1.29, 1.82) is 0 Å². The van der Waals surface area contributed by atoms with Crippen molar-refractivity contribution in [2.24, 2.45) is 0 Å². The van der Waals surface area contributed by atoms with Crippen LogP contribution in [0, 0.1) is 0 Å². The zero-order valence-corrected chi connectivity index (χ0v) is 15.6. The maximum Gasteiger partial charge on any atom is 0.227 e. The second kappa shape index (κ2) is 8.65. The molecule has 26 heavy (non-hydrogen) atoms. The van der Waals surface area contributed by atoms with Crippen molar-refractivity contribution in [1.82, 2.24) is 15.1 Å². The molecule has 6 heteroatoms. The Morgan fingerprint density at radius 3 is 2.23 bits per heavy atom. The van der Waals surface area contributed by atoms with Crippen molar-refractivity contribution < 1.29 is 4.79 Å². The van der Waals surface area contributed by atoms with Crippen LogP contribution in [0.3, 0.4) is 0 Å². The van der Waals surface area contributed by atoms with Crippen molar-refractivity contribution in [2.75, 3.05) is 49.1 Å². The summed E-state index contributed by atoms with van der Waals surface area (Å²) in [5.74, 6) is 1.99. The van der Waals surface area contributed by atoms with Crippen molar-refractivity contribution in [3.05, 3.63) is 48.0 Å².